The van der Waals surface area contributed by atoms with Gasteiger partial charge in [0.2, 0.25) is 5.91 Å². The lowest BCUT2D eigenvalue weighted by molar-refractivity contribution is -0.137. The molecule has 0 aliphatic rings. The molecule has 9 heteroatoms. The Hall–Kier alpha value is -3.88. The van der Waals surface area contributed by atoms with E-state index < -0.39 is 23.8 Å². The van der Waals surface area contributed by atoms with Crippen LogP contribution in [0.3, 0.4) is 0 Å². The van der Waals surface area contributed by atoms with Crippen LogP contribution >= 0.6 is 0 Å². The summed E-state index contributed by atoms with van der Waals surface area (Å²) in [7, 11) is 0. The predicted molar refractivity (Wildman–Crippen MR) is 106 cm³/mol. The number of hydrogen-bond donors (Lipinski definition) is 5. The van der Waals surface area contributed by atoms with E-state index in [1.54, 1.807) is 24.3 Å². The zero-order valence-electron chi connectivity index (χ0n) is 15.6. The van der Waals surface area contributed by atoms with Crippen LogP contribution in [0.5, 0.6) is 5.75 Å². The van der Waals surface area contributed by atoms with Crippen LogP contribution in [0.15, 0.2) is 48.5 Å². The summed E-state index contributed by atoms with van der Waals surface area (Å²) in [5.74, 6) is -1.69. The minimum absolute atomic E-state index is 0.0275. The summed E-state index contributed by atoms with van der Waals surface area (Å²) in [5, 5.41) is 19.1. The molecule has 0 fully saturated rings. The van der Waals surface area contributed by atoms with Gasteiger partial charge in [0.15, 0.2) is 0 Å². The Bertz CT molecular complexity index is 911. The van der Waals surface area contributed by atoms with E-state index in [0.29, 0.717) is 16.9 Å². The second-order valence-corrected chi connectivity index (χ2v) is 6.30. The Morgan fingerprint density at radius 3 is 2.28 bits per heavy atom. The maximum atomic E-state index is 12.5. The van der Waals surface area contributed by atoms with E-state index in [4.69, 9.17) is 26.7 Å². The van der Waals surface area contributed by atoms with Crippen molar-refractivity contribution in [3.05, 3.63) is 65.2 Å². The van der Waals surface area contributed by atoms with Gasteiger partial charge in [-0.25, -0.2) is 0 Å². The smallest absolute Gasteiger partial charge is 0.303 e. The van der Waals surface area contributed by atoms with Crippen molar-refractivity contribution in [2.24, 2.45) is 11.5 Å². The Morgan fingerprint density at radius 2 is 1.69 bits per heavy atom. The number of nitrogens with two attached hydrogens (primary N) is 2. The summed E-state index contributed by atoms with van der Waals surface area (Å²) in [6.07, 6.45) is 0.00917. The molecule has 0 spiro atoms. The van der Waals surface area contributed by atoms with Crippen LogP contribution in [0.4, 0.5) is 0 Å². The van der Waals surface area contributed by atoms with Crippen molar-refractivity contribution >= 4 is 23.6 Å². The predicted octanol–water partition coefficient (Wildman–Crippen LogP) is 1.11. The lowest BCUT2D eigenvalue weighted by Gasteiger charge is -2.19. The third-order valence-corrected chi connectivity index (χ3v) is 4.07. The highest BCUT2D eigenvalue weighted by atomic mass is 16.5. The van der Waals surface area contributed by atoms with Crippen molar-refractivity contribution in [2.45, 2.75) is 18.9 Å². The Labute approximate surface area is 167 Å². The van der Waals surface area contributed by atoms with Gasteiger partial charge < -0.3 is 26.6 Å². The molecule has 0 saturated carbocycles. The number of ether oxygens (including phenoxy) is 1. The quantitative estimate of drug-likeness (QED) is 0.297. The molecule has 2 aromatic rings. The van der Waals surface area contributed by atoms with E-state index in [1.165, 1.54) is 24.3 Å². The molecule has 152 valence electrons. The fraction of sp³-hybridized carbons (Fsp3) is 0.200. The summed E-state index contributed by atoms with van der Waals surface area (Å²) >= 11 is 0. The molecule has 29 heavy (non-hydrogen) atoms. The molecule has 0 radical (unpaired) electrons. The number of rotatable bonds is 10. The molecule has 7 N–H and O–H groups in total. The van der Waals surface area contributed by atoms with Crippen LogP contribution in [-0.4, -0.2) is 41.4 Å². The van der Waals surface area contributed by atoms with E-state index in [1.807, 2.05) is 0 Å². The standard InChI is InChI=1S/C20H22N4O5/c21-18(22)14-2-1-3-16(10-14)29-11-15(8-9-17(25)26)24-20(28)13-6-4-12(5-7-13)19(23)27/h1-7,10,15H,8-9,11H2,(H3,21,22)(H2,23,27)(H,24,28)(H,25,26)/t15-/m1/s1. The van der Waals surface area contributed by atoms with Crippen LogP contribution in [0.25, 0.3) is 0 Å². The molecule has 0 saturated heterocycles. The monoisotopic (exact) mass is 398 g/mol. The van der Waals surface area contributed by atoms with Gasteiger partial charge in [0.25, 0.3) is 5.91 Å². The highest BCUT2D eigenvalue weighted by Gasteiger charge is 2.17. The van der Waals surface area contributed by atoms with E-state index in [9.17, 15) is 14.4 Å². The first kappa shape index (κ1) is 21.4. The van der Waals surface area contributed by atoms with Crippen LogP contribution in [0.1, 0.15) is 39.1 Å². The molecule has 0 bridgehead atoms. The van der Waals surface area contributed by atoms with Gasteiger partial charge in [-0.3, -0.25) is 19.8 Å². The molecule has 2 rings (SSSR count). The number of carbonyl (C=O) groups is 3. The van der Waals surface area contributed by atoms with Crippen LogP contribution in [-0.2, 0) is 4.79 Å². The van der Waals surface area contributed by atoms with Gasteiger partial charge in [0, 0.05) is 23.1 Å². The van der Waals surface area contributed by atoms with Crippen molar-refractivity contribution in [2.75, 3.05) is 6.61 Å². The van der Waals surface area contributed by atoms with Crippen LogP contribution in [0.2, 0.25) is 0 Å². The molecule has 9 nitrogen and oxygen atoms in total. The van der Waals surface area contributed by atoms with Gasteiger partial charge in [0.05, 0.1) is 6.04 Å². The summed E-state index contributed by atoms with van der Waals surface area (Å²) < 4.78 is 5.66. The van der Waals surface area contributed by atoms with E-state index in [0.717, 1.165) is 0 Å². The first-order valence-electron chi connectivity index (χ1n) is 8.76. The number of carbonyl (C=O) groups excluding carboxylic acids is 2. The molecule has 0 aliphatic carbocycles. The van der Waals surface area contributed by atoms with Crippen molar-refractivity contribution < 1.29 is 24.2 Å². The number of carboxylic acid groups (broad SMARTS) is 1. The molecular formula is C20H22N4O5. The van der Waals surface area contributed by atoms with Crippen molar-refractivity contribution in [3.8, 4) is 5.75 Å². The minimum atomic E-state index is -0.992. The molecule has 0 aromatic heterocycles. The van der Waals surface area contributed by atoms with Crippen molar-refractivity contribution in [3.63, 3.8) is 0 Å². The number of aliphatic carboxylic acids is 1. The lowest BCUT2D eigenvalue weighted by atomic mass is 10.1. The normalized spacial score (nSPS) is 11.3. The van der Waals surface area contributed by atoms with Gasteiger partial charge in [-0.2, -0.15) is 0 Å². The van der Waals surface area contributed by atoms with Gasteiger partial charge in [0.1, 0.15) is 18.2 Å². The first-order chi connectivity index (χ1) is 13.8. The highest BCUT2D eigenvalue weighted by Crippen LogP contribution is 2.14. The molecule has 0 aliphatic heterocycles. The zero-order valence-corrected chi connectivity index (χ0v) is 15.6. The van der Waals surface area contributed by atoms with Crippen molar-refractivity contribution in [1.82, 2.24) is 5.32 Å². The minimum Gasteiger partial charge on any atom is -0.491 e. The molecular weight excluding hydrogens is 376 g/mol. The number of nitrogen functional groups attached to an aromatic ring is 1. The number of benzene rings is 2. The highest BCUT2D eigenvalue weighted by molar-refractivity contribution is 5.97. The molecule has 1 atom stereocenters. The third-order valence-electron chi connectivity index (χ3n) is 4.07. The largest absolute Gasteiger partial charge is 0.491 e. The molecule has 2 amide bonds. The van der Waals surface area contributed by atoms with Crippen LogP contribution < -0.4 is 21.5 Å². The van der Waals surface area contributed by atoms with E-state index in [2.05, 4.69) is 5.32 Å². The van der Waals surface area contributed by atoms with E-state index >= 15 is 0 Å². The third kappa shape index (κ3) is 6.65. The Kier molecular flexibility index (Phi) is 7.30. The van der Waals surface area contributed by atoms with Gasteiger partial charge in [-0.15, -0.1) is 0 Å². The summed E-state index contributed by atoms with van der Waals surface area (Å²) in [5.41, 5.74) is 11.7. The molecule has 0 unspecified atom stereocenters. The summed E-state index contributed by atoms with van der Waals surface area (Å²) in [6, 6.07) is 11.8. The van der Waals surface area contributed by atoms with Crippen molar-refractivity contribution in [1.29, 1.82) is 5.41 Å². The average Bonchev–Trinajstić information content (AvgIpc) is 2.70. The Morgan fingerprint density at radius 1 is 1.03 bits per heavy atom. The number of nitrogens with one attached hydrogen (secondary N) is 2. The number of amidine groups is 1. The second kappa shape index (κ2) is 9.88. The maximum Gasteiger partial charge on any atom is 0.303 e. The Balaban J connectivity index is 2.05. The fourth-order valence-corrected chi connectivity index (χ4v) is 2.50. The summed E-state index contributed by atoms with van der Waals surface area (Å²) in [6.45, 7) is 0.0275. The lowest BCUT2D eigenvalue weighted by Crippen LogP contribution is -2.39. The van der Waals surface area contributed by atoms with Crippen LogP contribution in [0, 0.1) is 5.41 Å². The van der Waals surface area contributed by atoms with E-state index in [-0.39, 0.29) is 30.8 Å². The number of hydrogen-bond acceptors (Lipinski definition) is 5. The number of amides is 2. The maximum absolute atomic E-state index is 12.5. The number of primary amides is 1. The molecule has 0 heterocycles. The second-order valence-electron chi connectivity index (χ2n) is 6.30. The van der Waals surface area contributed by atoms with Gasteiger partial charge in [-0.1, -0.05) is 12.1 Å². The fourth-order valence-electron chi connectivity index (χ4n) is 2.50. The SMILES string of the molecule is N=C(N)c1cccc(OC[C@@H](CCC(=O)O)NC(=O)c2ccc(C(N)=O)cc2)c1. The summed E-state index contributed by atoms with van der Waals surface area (Å²) in [4.78, 5) is 34.5. The topological polar surface area (TPSA) is 169 Å². The first-order valence-corrected chi connectivity index (χ1v) is 8.76. The molecule has 2 aromatic carbocycles. The zero-order chi connectivity index (χ0) is 21.4. The average molecular weight is 398 g/mol. The number of carboxylic acids is 1. The van der Waals surface area contributed by atoms with Gasteiger partial charge in [-0.05, 0) is 42.8 Å². The van der Waals surface area contributed by atoms with Gasteiger partial charge >= 0.3 is 5.97 Å².